The van der Waals surface area contributed by atoms with Gasteiger partial charge in [0.2, 0.25) is 5.95 Å². The van der Waals surface area contributed by atoms with Crippen molar-refractivity contribution in [2.75, 3.05) is 24.9 Å². The van der Waals surface area contributed by atoms with E-state index in [0.717, 1.165) is 41.8 Å². The first-order valence-electron chi connectivity index (χ1n) is 10.9. The van der Waals surface area contributed by atoms with Crippen LogP contribution in [0.4, 0.5) is 11.8 Å². The summed E-state index contributed by atoms with van der Waals surface area (Å²) >= 11 is 0. The lowest BCUT2D eigenvalue weighted by Gasteiger charge is -2.34. The summed E-state index contributed by atoms with van der Waals surface area (Å²) in [6.07, 6.45) is 4.00. The van der Waals surface area contributed by atoms with Gasteiger partial charge in [0.15, 0.2) is 5.82 Å². The standard InChI is InChI=1S/C24H33N5O3/c1-6-7-12-24(3,16(2)30)29-22-21-19(9-8-13-25-21)27-23(28-22)26-15-17-10-11-18(31-4)14-20(17)32-5/h8-11,13-14,16,30H,6-7,12,15H2,1-5H3,(H2,26,27,28,29)/t16-,24?/m1/s1. The summed E-state index contributed by atoms with van der Waals surface area (Å²) in [6, 6.07) is 9.43. The first-order valence-corrected chi connectivity index (χ1v) is 10.9. The molecule has 3 aromatic rings. The second-order valence-electron chi connectivity index (χ2n) is 8.12. The molecule has 2 atom stereocenters. The minimum absolute atomic E-state index is 0.467. The number of fused-ring (bicyclic) bond motifs is 1. The number of hydrogen-bond acceptors (Lipinski definition) is 8. The van der Waals surface area contributed by atoms with Crippen molar-refractivity contribution in [3.8, 4) is 11.5 Å². The van der Waals surface area contributed by atoms with Crippen LogP contribution in [0.15, 0.2) is 36.5 Å². The van der Waals surface area contributed by atoms with Gasteiger partial charge in [-0.25, -0.2) is 4.98 Å². The second kappa shape index (κ2) is 10.5. The van der Waals surface area contributed by atoms with Gasteiger partial charge < -0.3 is 25.2 Å². The Balaban J connectivity index is 1.91. The molecule has 3 rings (SSSR count). The number of ether oxygens (including phenoxy) is 2. The molecule has 8 nitrogen and oxygen atoms in total. The van der Waals surface area contributed by atoms with Crippen molar-refractivity contribution in [1.29, 1.82) is 0 Å². The van der Waals surface area contributed by atoms with E-state index in [1.165, 1.54) is 0 Å². The predicted octanol–water partition coefficient (Wildman–Crippen LogP) is 4.40. The molecule has 0 saturated heterocycles. The van der Waals surface area contributed by atoms with E-state index in [4.69, 9.17) is 14.5 Å². The highest BCUT2D eigenvalue weighted by molar-refractivity contribution is 5.86. The van der Waals surface area contributed by atoms with Gasteiger partial charge in [-0.2, -0.15) is 4.98 Å². The van der Waals surface area contributed by atoms with E-state index in [0.29, 0.717) is 23.8 Å². The summed E-state index contributed by atoms with van der Waals surface area (Å²) in [5.41, 5.74) is 1.81. The van der Waals surface area contributed by atoms with Crippen molar-refractivity contribution >= 4 is 22.8 Å². The van der Waals surface area contributed by atoms with Crippen LogP contribution in [0, 0.1) is 0 Å². The van der Waals surface area contributed by atoms with Gasteiger partial charge in [0.1, 0.15) is 17.0 Å². The molecular weight excluding hydrogens is 406 g/mol. The number of anilines is 2. The molecule has 0 bridgehead atoms. The normalized spacial score (nSPS) is 13.9. The number of benzene rings is 1. The molecular formula is C24H33N5O3. The highest BCUT2D eigenvalue weighted by atomic mass is 16.5. The van der Waals surface area contributed by atoms with Crippen molar-refractivity contribution < 1.29 is 14.6 Å². The molecule has 2 heterocycles. The smallest absolute Gasteiger partial charge is 0.225 e. The number of aliphatic hydroxyl groups is 1. The number of unbranched alkanes of at least 4 members (excludes halogenated alkanes) is 1. The van der Waals surface area contributed by atoms with E-state index in [1.54, 1.807) is 27.3 Å². The maximum Gasteiger partial charge on any atom is 0.225 e. The number of hydrogen-bond donors (Lipinski definition) is 3. The number of nitrogens with one attached hydrogen (secondary N) is 2. The number of methoxy groups -OCH3 is 2. The number of rotatable bonds is 11. The van der Waals surface area contributed by atoms with Crippen LogP contribution >= 0.6 is 0 Å². The lowest BCUT2D eigenvalue weighted by molar-refractivity contribution is 0.116. The molecule has 1 aromatic carbocycles. The fourth-order valence-corrected chi connectivity index (χ4v) is 3.50. The zero-order chi connectivity index (χ0) is 23.1. The van der Waals surface area contributed by atoms with Crippen LogP contribution in [-0.2, 0) is 6.54 Å². The molecule has 0 amide bonds. The van der Waals surface area contributed by atoms with E-state index < -0.39 is 11.6 Å². The largest absolute Gasteiger partial charge is 0.497 e. The minimum atomic E-state index is -0.567. The molecule has 3 N–H and O–H groups in total. The van der Waals surface area contributed by atoms with Gasteiger partial charge >= 0.3 is 0 Å². The van der Waals surface area contributed by atoms with E-state index in [-0.39, 0.29) is 0 Å². The molecule has 172 valence electrons. The first kappa shape index (κ1) is 23.5. The Bertz CT molecular complexity index is 1040. The van der Waals surface area contributed by atoms with Crippen molar-refractivity contribution in [2.24, 2.45) is 0 Å². The maximum atomic E-state index is 10.5. The fraction of sp³-hybridized carbons (Fsp3) is 0.458. The Morgan fingerprint density at radius 2 is 1.97 bits per heavy atom. The molecule has 0 spiro atoms. The van der Waals surface area contributed by atoms with Crippen LogP contribution in [-0.4, -0.2) is 45.9 Å². The molecule has 0 aliphatic heterocycles. The van der Waals surface area contributed by atoms with Crippen LogP contribution in [0.3, 0.4) is 0 Å². The zero-order valence-corrected chi connectivity index (χ0v) is 19.5. The summed E-state index contributed by atoms with van der Waals surface area (Å²) in [5.74, 6) is 2.52. The summed E-state index contributed by atoms with van der Waals surface area (Å²) in [5, 5.41) is 17.2. The summed E-state index contributed by atoms with van der Waals surface area (Å²) in [7, 11) is 3.26. The highest BCUT2D eigenvalue weighted by Crippen LogP contribution is 2.29. The Morgan fingerprint density at radius 3 is 2.66 bits per heavy atom. The lowest BCUT2D eigenvalue weighted by atomic mass is 9.89. The van der Waals surface area contributed by atoms with Crippen LogP contribution in [0.5, 0.6) is 11.5 Å². The van der Waals surface area contributed by atoms with Gasteiger partial charge in [-0.3, -0.25) is 4.98 Å². The lowest BCUT2D eigenvalue weighted by Crippen LogP contribution is -2.45. The molecule has 0 saturated carbocycles. The van der Waals surface area contributed by atoms with Crippen molar-refractivity contribution in [2.45, 2.75) is 58.2 Å². The van der Waals surface area contributed by atoms with Gasteiger partial charge in [0.25, 0.3) is 0 Å². The average Bonchev–Trinajstić information content (AvgIpc) is 2.81. The van der Waals surface area contributed by atoms with Gasteiger partial charge in [0.05, 0.1) is 31.4 Å². The Hall–Kier alpha value is -3.13. The SMILES string of the molecule is CCCCC(C)(Nc1nc(NCc2ccc(OC)cc2OC)nc2cccnc12)[C@@H](C)O. The van der Waals surface area contributed by atoms with E-state index in [1.807, 2.05) is 37.3 Å². The molecule has 1 unspecified atom stereocenters. The third kappa shape index (κ3) is 5.37. The number of aromatic nitrogens is 3. The third-order valence-corrected chi connectivity index (χ3v) is 5.76. The number of nitrogens with zero attached hydrogens (tertiary/aromatic N) is 3. The molecule has 8 heteroatoms. The first-order chi connectivity index (χ1) is 15.4. The average molecular weight is 440 g/mol. The quantitative estimate of drug-likeness (QED) is 0.404. The summed E-state index contributed by atoms with van der Waals surface area (Å²) in [4.78, 5) is 13.8. The predicted molar refractivity (Wildman–Crippen MR) is 127 cm³/mol. The highest BCUT2D eigenvalue weighted by Gasteiger charge is 2.30. The van der Waals surface area contributed by atoms with Crippen molar-refractivity contribution in [3.05, 3.63) is 42.1 Å². The monoisotopic (exact) mass is 439 g/mol. The van der Waals surface area contributed by atoms with Crippen molar-refractivity contribution in [1.82, 2.24) is 15.0 Å². The topological polar surface area (TPSA) is 101 Å². The van der Waals surface area contributed by atoms with Crippen LogP contribution in [0.1, 0.15) is 45.6 Å². The second-order valence-corrected chi connectivity index (χ2v) is 8.12. The summed E-state index contributed by atoms with van der Waals surface area (Å²) < 4.78 is 10.8. The summed E-state index contributed by atoms with van der Waals surface area (Å²) in [6.45, 7) is 6.43. The zero-order valence-electron chi connectivity index (χ0n) is 19.5. The molecule has 32 heavy (non-hydrogen) atoms. The minimum Gasteiger partial charge on any atom is -0.497 e. The third-order valence-electron chi connectivity index (χ3n) is 5.76. The number of aliphatic hydroxyl groups excluding tert-OH is 1. The van der Waals surface area contributed by atoms with E-state index in [2.05, 4.69) is 27.5 Å². The maximum absolute atomic E-state index is 10.5. The Labute approximate surface area is 189 Å². The van der Waals surface area contributed by atoms with Crippen LogP contribution in [0.2, 0.25) is 0 Å². The van der Waals surface area contributed by atoms with E-state index in [9.17, 15) is 5.11 Å². The fourth-order valence-electron chi connectivity index (χ4n) is 3.50. The van der Waals surface area contributed by atoms with Crippen LogP contribution in [0.25, 0.3) is 11.0 Å². The molecule has 0 aliphatic rings. The van der Waals surface area contributed by atoms with Gasteiger partial charge in [0, 0.05) is 24.4 Å². The number of pyridine rings is 1. The molecule has 0 aliphatic carbocycles. The van der Waals surface area contributed by atoms with E-state index >= 15 is 0 Å². The Morgan fingerprint density at radius 1 is 1.16 bits per heavy atom. The van der Waals surface area contributed by atoms with Gasteiger partial charge in [-0.1, -0.05) is 19.8 Å². The Kier molecular flexibility index (Phi) is 7.69. The van der Waals surface area contributed by atoms with Gasteiger partial charge in [-0.15, -0.1) is 0 Å². The van der Waals surface area contributed by atoms with Crippen LogP contribution < -0.4 is 20.1 Å². The molecule has 0 fully saturated rings. The van der Waals surface area contributed by atoms with Crippen molar-refractivity contribution in [3.63, 3.8) is 0 Å². The molecule has 0 radical (unpaired) electrons. The van der Waals surface area contributed by atoms with Gasteiger partial charge in [-0.05, 0) is 44.5 Å². The molecule has 2 aromatic heterocycles.